The van der Waals surface area contributed by atoms with Crippen LogP contribution in [0.4, 0.5) is 0 Å². The van der Waals surface area contributed by atoms with Crippen LogP contribution >= 0.6 is 0 Å². The van der Waals surface area contributed by atoms with Crippen molar-refractivity contribution in [2.24, 2.45) is 11.5 Å². The molecule has 168 valence electrons. The molecule has 4 aromatic rings. The van der Waals surface area contributed by atoms with E-state index in [1.165, 1.54) is 0 Å². The zero-order chi connectivity index (χ0) is 24.0. The van der Waals surface area contributed by atoms with Crippen molar-refractivity contribution in [3.63, 3.8) is 0 Å². The number of nitrogens with two attached hydrogens (primary N) is 2. The topological polar surface area (TPSA) is 105 Å². The largest absolute Gasteiger partial charge is 0.496 e. The highest BCUT2D eigenvalue weighted by Gasteiger charge is 2.32. The van der Waals surface area contributed by atoms with Crippen LogP contribution in [0.3, 0.4) is 0 Å². The van der Waals surface area contributed by atoms with Gasteiger partial charge in [0.15, 0.2) is 0 Å². The summed E-state index contributed by atoms with van der Waals surface area (Å²) in [6.07, 6.45) is 0. The molecule has 0 bridgehead atoms. The third kappa shape index (κ3) is 3.11. The molecular weight excluding hydrogens is 428 g/mol. The summed E-state index contributed by atoms with van der Waals surface area (Å²) in [4.78, 5) is 24.1. The molecule has 6 nitrogen and oxygen atoms in total. The SMILES string of the molecule is COc1ccc2c(c1-c1c(C(N)=O)ccc(-c3ccc(C(N)=O)cc3)c1OC)-c1ccccc1-2. The predicted molar refractivity (Wildman–Crippen MR) is 132 cm³/mol. The fourth-order valence-electron chi connectivity index (χ4n) is 4.67. The first-order chi connectivity index (χ1) is 16.5. The first kappa shape index (κ1) is 21.3. The number of hydrogen-bond acceptors (Lipinski definition) is 4. The average molecular weight is 450 g/mol. The van der Waals surface area contributed by atoms with E-state index in [1.54, 1.807) is 50.6 Å². The highest BCUT2D eigenvalue weighted by molar-refractivity contribution is 6.14. The van der Waals surface area contributed by atoms with E-state index in [4.69, 9.17) is 20.9 Å². The lowest BCUT2D eigenvalue weighted by Crippen LogP contribution is -2.14. The van der Waals surface area contributed by atoms with E-state index >= 15 is 0 Å². The summed E-state index contributed by atoms with van der Waals surface area (Å²) in [5.41, 5.74) is 19.1. The number of benzene rings is 4. The van der Waals surface area contributed by atoms with Gasteiger partial charge in [0.05, 0.1) is 19.8 Å². The van der Waals surface area contributed by atoms with Crippen molar-refractivity contribution in [3.8, 4) is 56.0 Å². The quantitative estimate of drug-likeness (QED) is 0.384. The number of ether oxygens (including phenoxy) is 2. The van der Waals surface area contributed by atoms with Crippen LogP contribution in [0.1, 0.15) is 20.7 Å². The summed E-state index contributed by atoms with van der Waals surface area (Å²) in [6, 6.07) is 22.4. The second-order valence-corrected chi connectivity index (χ2v) is 7.99. The number of rotatable bonds is 6. The molecule has 1 aliphatic carbocycles. The molecule has 4 aromatic carbocycles. The molecule has 1 aliphatic rings. The maximum atomic E-state index is 12.6. The minimum Gasteiger partial charge on any atom is -0.496 e. The standard InChI is InChI=1S/C28H22N2O4/c1-33-22-14-13-20-18-5-3-4-6-19(18)23(20)25(22)24-21(28(30)32)12-11-17(26(24)34-2)15-7-9-16(10-8-15)27(29)31/h3-14H,1-2H3,(H2,29,31)(H2,30,32). The molecular formula is C28H22N2O4. The van der Waals surface area contributed by atoms with Gasteiger partial charge in [-0.05, 0) is 52.6 Å². The van der Waals surface area contributed by atoms with Crippen molar-refractivity contribution in [2.75, 3.05) is 14.2 Å². The molecule has 34 heavy (non-hydrogen) atoms. The van der Waals surface area contributed by atoms with Gasteiger partial charge in [0.25, 0.3) is 0 Å². The molecule has 0 saturated heterocycles. The molecule has 4 N–H and O–H groups in total. The maximum absolute atomic E-state index is 12.6. The number of amides is 2. The van der Waals surface area contributed by atoms with Crippen LogP contribution in [0.25, 0.3) is 44.5 Å². The van der Waals surface area contributed by atoms with Gasteiger partial charge in [-0.15, -0.1) is 0 Å². The zero-order valence-electron chi connectivity index (χ0n) is 18.7. The van der Waals surface area contributed by atoms with Gasteiger partial charge in [0.1, 0.15) is 11.5 Å². The third-order valence-corrected chi connectivity index (χ3v) is 6.23. The minimum absolute atomic E-state index is 0.324. The minimum atomic E-state index is -0.573. The summed E-state index contributed by atoms with van der Waals surface area (Å²) >= 11 is 0. The smallest absolute Gasteiger partial charge is 0.249 e. The Balaban J connectivity index is 1.82. The molecule has 5 rings (SSSR count). The molecule has 2 amide bonds. The molecule has 0 heterocycles. The van der Waals surface area contributed by atoms with Crippen molar-refractivity contribution >= 4 is 11.8 Å². The number of primary amides is 2. The lowest BCUT2D eigenvalue weighted by molar-refractivity contribution is 0.0992. The van der Waals surface area contributed by atoms with E-state index in [0.29, 0.717) is 28.2 Å². The van der Waals surface area contributed by atoms with Crippen LogP contribution in [-0.4, -0.2) is 26.0 Å². The first-order valence-corrected chi connectivity index (χ1v) is 10.7. The van der Waals surface area contributed by atoms with Crippen LogP contribution in [0, 0.1) is 0 Å². The molecule has 6 heteroatoms. The molecule has 0 atom stereocenters. The lowest BCUT2D eigenvalue weighted by Gasteiger charge is -2.29. The monoisotopic (exact) mass is 450 g/mol. The Kier molecular flexibility index (Phi) is 5.06. The summed E-state index contributed by atoms with van der Waals surface area (Å²) in [5.74, 6) is 0.0148. The molecule has 0 unspecified atom stereocenters. The third-order valence-electron chi connectivity index (χ3n) is 6.23. The second kappa shape index (κ2) is 8.08. The average Bonchev–Trinajstić information content (AvgIpc) is 2.85. The molecule has 0 fully saturated rings. The van der Waals surface area contributed by atoms with Gasteiger partial charge < -0.3 is 20.9 Å². The number of carbonyl (C=O) groups excluding carboxylic acids is 2. The Bertz CT molecular complexity index is 1470. The second-order valence-electron chi connectivity index (χ2n) is 7.99. The van der Waals surface area contributed by atoms with Crippen LogP contribution < -0.4 is 20.9 Å². The van der Waals surface area contributed by atoms with Gasteiger partial charge in [0, 0.05) is 27.8 Å². The van der Waals surface area contributed by atoms with Crippen molar-refractivity contribution in [3.05, 3.63) is 83.9 Å². The van der Waals surface area contributed by atoms with Gasteiger partial charge in [-0.3, -0.25) is 9.59 Å². The van der Waals surface area contributed by atoms with Gasteiger partial charge in [-0.2, -0.15) is 0 Å². The Labute approximate surface area is 196 Å². The van der Waals surface area contributed by atoms with Crippen molar-refractivity contribution in [1.82, 2.24) is 0 Å². The van der Waals surface area contributed by atoms with Crippen molar-refractivity contribution in [1.29, 1.82) is 0 Å². The van der Waals surface area contributed by atoms with Gasteiger partial charge in [-0.1, -0.05) is 42.5 Å². The van der Waals surface area contributed by atoms with Gasteiger partial charge in [0.2, 0.25) is 11.8 Å². The van der Waals surface area contributed by atoms with Crippen molar-refractivity contribution < 1.29 is 19.1 Å². The normalized spacial score (nSPS) is 11.1. The number of hydrogen-bond donors (Lipinski definition) is 2. The Hall–Kier alpha value is -4.58. The summed E-state index contributed by atoms with van der Waals surface area (Å²) in [7, 11) is 3.15. The Morgan fingerprint density at radius 2 is 1.29 bits per heavy atom. The predicted octanol–water partition coefficient (Wildman–Crippen LogP) is 4.88. The molecule has 0 aliphatic heterocycles. The number of methoxy groups -OCH3 is 2. The summed E-state index contributed by atoms with van der Waals surface area (Å²) in [5, 5.41) is 0. The van der Waals surface area contributed by atoms with Crippen LogP contribution in [0.2, 0.25) is 0 Å². The molecule has 0 saturated carbocycles. The molecule has 0 radical (unpaired) electrons. The summed E-state index contributed by atoms with van der Waals surface area (Å²) in [6.45, 7) is 0. The fourth-order valence-corrected chi connectivity index (χ4v) is 4.67. The van der Waals surface area contributed by atoms with Gasteiger partial charge in [-0.25, -0.2) is 0 Å². The van der Waals surface area contributed by atoms with Crippen LogP contribution in [-0.2, 0) is 0 Å². The fraction of sp³-hybridized carbons (Fsp3) is 0.0714. The zero-order valence-corrected chi connectivity index (χ0v) is 18.7. The lowest BCUT2D eigenvalue weighted by atomic mass is 9.75. The van der Waals surface area contributed by atoms with E-state index in [-0.39, 0.29) is 0 Å². The van der Waals surface area contributed by atoms with E-state index in [0.717, 1.165) is 38.9 Å². The van der Waals surface area contributed by atoms with E-state index in [9.17, 15) is 9.59 Å². The maximum Gasteiger partial charge on any atom is 0.249 e. The van der Waals surface area contributed by atoms with E-state index < -0.39 is 11.8 Å². The van der Waals surface area contributed by atoms with Gasteiger partial charge >= 0.3 is 0 Å². The van der Waals surface area contributed by atoms with Crippen LogP contribution in [0.15, 0.2) is 72.8 Å². The first-order valence-electron chi connectivity index (χ1n) is 10.7. The number of fused-ring (bicyclic) bond motifs is 4. The Morgan fingerprint density at radius 3 is 1.91 bits per heavy atom. The summed E-state index contributed by atoms with van der Waals surface area (Å²) < 4.78 is 11.7. The van der Waals surface area contributed by atoms with Crippen LogP contribution in [0.5, 0.6) is 11.5 Å². The highest BCUT2D eigenvalue weighted by Crippen LogP contribution is 2.57. The molecule has 0 aromatic heterocycles. The molecule has 0 spiro atoms. The van der Waals surface area contributed by atoms with Crippen molar-refractivity contribution in [2.45, 2.75) is 0 Å². The van der Waals surface area contributed by atoms with E-state index in [1.807, 2.05) is 30.3 Å². The highest BCUT2D eigenvalue weighted by atomic mass is 16.5. The Morgan fingerprint density at radius 1 is 0.618 bits per heavy atom. The van der Waals surface area contributed by atoms with E-state index in [2.05, 4.69) is 6.07 Å². The number of carbonyl (C=O) groups is 2.